The van der Waals surface area contributed by atoms with Gasteiger partial charge in [0, 0.05) is 31.1 Å². The molecule has 0 aliphatic carbocycles. The average molecular weight is 414 g/mol. The van der Waals surface area contributed by atoms with E-state index < -0.39 is 21.7 Å². The molecule has 1 fully saturated rings. The molecule has 1 amide bonds. The summed E-state index contributed by atoms with van der Waals surface area (Å²) < 4.78 is 35.5. The van der Waals surface area contributed by atoms with Crippen molar-refractivity contribution in [2.75, 3.05) is 30.0 Å². The maximum Gasteiger partial charge on any atom is 0.237 e. The van der Waals surface area contributed by atoms with Crippen molar-refractivity contribution in [2.45, 2.75) is 24.9 Å². The Morgan fingerprint density at radius 3 is 2.80 bits per heavy atom. The fourth-order valence-corrected chi connectivity index (χ4v) is 3.43. The third kappa shape index (κ3) is 6.62. The molecule has 1 aromatic carbocycles. The minimum Gasteiger partial charge on any atom is -0.369 e. The van der Waals surface area contributed by atoms with Crippen LogP contribution in [0.4, 0.5) is 10.1 Å². The molecule has 1 aromatic rings. The molecule has 142 valence electrons. The summed E-state index contributed by atoms with van der Waals surface area (Å²) in [6, 6.07) is 3.56. The molecule has 1 aliphatic rings. The summed E-state index contributed by atoms with van der Waals surface area (Å²) in [6.07, 6.45) is 1.93. The van der Waals surface area contributed by atoms with E-state index in [0.29, 0.717) is 13.1 Å². The number of carbonyl (C=O) groups is 1. The van der Waals surface area contributed by atoms with Crippen molar-refractivity contribution < 1.29 is 17.6 Å². The minimum absolute atomic E-state index is 0. The molecule has 2 unspecified atom stereocenters. The lowest BCUT2D eigenvalue weighted by Crippen LogP contribution is -2.46. The number of nitrogens with zero attached hydrogens (tertiary/aromatic N) is 1. The highest BCUT2D eigenvalue weighted by molar-refractivity contribution is 7.90. The van der Waals surface area contributed by atoms with E-state index in [1.807, 2.05) is 4.90 Å². The number of amides is 1. The van der Waals surface area contributed by atoms with E-state index in [0.717, 1.165) is 18.4 Å². The summed E-state index contributed by atoms with van der Waals surface area (Å²) in [5.74, 6) is -0.948. The predicted octanol–water partition coefficient (Wildman–Crippen LogP) is 1.36. The number of nitrogens with two attached hydrogens (primary N) is 1. The molecule has 10 heteroatoms. The molecule has 0 bridgehead atoms. The van der Waals surface area contributed by atoms with Crippen LogP contribution in [0.25, 0.3) is 0 Å². The zero-order valence-corrected chi connectivity index (χ0v) is 16.1. The Balaban J connectivity index is 0.00000312. The first-order valence-corrected chi connectivity index (χ1v) is 10.0. The number of hydrogen-bond donors (Lipinski definition) is 2. The summed E-state index contributed by atoms with van der Waals surface area (Å²) in [4.78, 5) is 14.0. The maximum absolute atomic E-state index is 13.2. The zero-order chi connectivity index (χ0) is 17.9. The molecule has 1 aliphatic heterocycles. The van der Waals surface area contributed by atoms with Gasteiger partial charge in [-0.2, -0.15) is 0 Å². The number of carbonyl (C=O) groups excluding carboxylic acids is 1. The molecule has 0 aromatic heterocycles. The van der Waals surface area contributed by atoms with E-state index >= 15 is 0 Å². The van der Waals surface area contributed by atoms with Gasteiger partial charge < -0.3 is 16.0 Å². The lowest BCUT2D eigenvalue weighted by Gasteiger charge is -2.20. The number of hydrogen-bond acceptors (Lipinski definition) is 5. The second-order valence-electron chi connectivity index (χ2n) is 6.06. The molecule has 1 heterocycles. The quantitative estimate of drug-likeness (QED) is 0.734. The summed E-state index contributed by atoms with van der Waals surface area (Å²) in [6.45, 7) is 1.26. The smallest absolute Gasteiger partial charge is 0.237 e. The van der Waals surface area contributed by atoms with Gasteiger partial charge in [-0.25, -0.2) is 12.8 Å². The van der Waals surface area contributed by atoms with Gasteiger partial charge in [-0.1, -0.05) is 11.6 Å². The van der Waals surface area contributed by atoms with Gasteiger partial charge in [0.2, 0.25) is 5.91 Å². The van der Waals surface area contributed by atoms with Crippen molar-refractivity contribution in [1.29, 1.82) is 0 Å². The molecular weight excluding hydrogens is 392 g/mol. The van der Waals surface area contributed by atoms with Crippen LogP contribution >= 0.6 is 24.0 Å². The topological polar surface area (TPSA) is 92.5 Å². The van der Waals surface area contributed by atoms with Gasteiger partial charge >= 0.3 is 0 Å². The largest absolute Gasteiger partial charge is 0.369 e. The first kappa shape index (κ1) is 22.0. The van der Waals surface area contributed by atoms with Crippen LogP contribution in [0.2, 0.25) is 5.02 Å². The Morgan fingerprint density at radius 1 is 1.52 bits per heavy atom. The molecule has 0 saturated carbocycles. The van der Waals surface area contributed by atoms with Crippen molar-refractivity contribution in [2.24, 2.45) is 5.73 Å². The highest BCUT2D eigenvalue weighted by Gasteiger charge is 2.26. The molecule has 3 N–H and O–H groups in total. The van der Waals surface area contributed by atoms with E-state index in [1.54, 1.807) is 12.1 Å². The van der Waals surface area contributed by atoms with Crippen molar-refractivity contribution in [1.82, 2.24) is 5.32 Å². The van der Waals surface area contributed by atoms with E-state index in [1.165, 1.54) is 6.07 Å². The first-order chi connectivity index (χ1) is 11.2. The standard InChI is InChI=1S/C15H21ClFN3O3S.ClH/c1-24(22,23)7-5-14(18)15(21)19-10-4-6-20(9-10)11-2-3-13(17)12(16)8-11;/h2-3,8,10,14H,4-7,9,18H2,1H3,(H,19,21);1H. The van der Waals surface area contributed by atoms with Crippen molar-refractivity contribution in [3.05, 3.63) is 29.0 Å². The number of sulfone groups is 1. The van der Waals surface area contributed by atoms with Gasteiger partial charge in [0.25, 0.3) is 0 Å². The van der Waals surface area contributed by atoms with Crippen LogP contribution in [-0.2, 0) is 14.6 Å². The van der Waals surface area contributed by atoms with Gasteiger partial charge in [-0.05, 0) is 31.0 Å². The number of halogens is 3. The van der Waals surface area contributed by atoms with Crippen molar-refractivity contribution >= 4 is 45.4 Å². The summed E-state index contributed by atoms with van der Waals surface area (Å²) in [5, 5.41) is 2.89. The molecule has 0 spiro atoms. The Bertz CT molecular complexity index is 718. The van der Waals surface area contributed by atoms with Crippen LogP contribution in [0, 0.1) is 5.82 Å². The third-order valence-corrected chi connectivity index (χ3v) is 5.21. The number of rotatable bonds is 6. The van der Waals surface area contributed by atoms with E-state index in [9.17, 15) is 17.6 Å². The van der Waals surface area contributed by atoms with Crippen LogP contribution in [0.5, 0.6) is 0 Å². The summed E-state index contributed by atoms with van der Waals surface area (Å²) in [7, 11) is -3.14. The zero-order valence-electron chi connectivity index (χ0n) is 13.7. The normalized spacial score (nSPS) is 18.6. The van der Waals surface area contributed by atoms with Gasteiger partial charge in [0.15, 0.2) is 0 Å². The fraction of sp³-hybridized carbons (Fsp3) is 0.533. The predicted molar refractivity (Wildman–Crippen MR) is 99.7 cm³/mol. The van der Waals surface area contributed by atoms with Crippen LogP contribution in [0.3, 0.4) is 0 Å². The summed E-state index contributed by atoms with van der Waals surface area (Å²) >= 11 is 5.79. The Labute approximate surface area is 158 Å². The molecular formula is C15H22Cl2FN3O3S. The van der Waals surface area contributed by atoms with Gasteiger partial charge in [0.1, 0.15) is 15.7 Å². The third-order valence-electron chi connectivity index (χ3n) is 3.94. The Morgan fingerprint density at radius 2 is 2.20 bits per heavy atom. The van der Waals surface area contributed by atoms with Gasteiger partial charge in [-0.3, -0.25) is 4.79 Å². The lowest BCUT2D eigenvalue weighted by atomic mass is 10.2. The highest BCUT2D eigenvalue weighted by atomic mass is 35.5. The van der Waals surface area contributed by atoms with E-state index in [-0.39, 0.29) is 41.6 Å². The van der Waals surface area contributed by atoms with E-state index in [2.05, 4.69) is 5.32 Å². The average Bonchev–Trinajstić information content (AvgIpc) is 2.95. The minimum atomic E-state index is -3.14. The Kier molecular flexibility index (Phi) is 7.92. The van der Waals surface area contributed by atoms with Crippen LogP contribution in [0.15, 0.2) is 18.2 Å². The molecule has 0 radical (unpaired) electrons. The number of nitrogens with one attached hydrogen (secondary N) is 1. The second kappa shape index (κ2) is 9.02. The molecule has 25 heavy (non-hydrogen) atoms. The Hall–Kier alpha value is -1.09. The van der Waals surface area contributed by atoms with Gasteiger partial charge in [0.05, 0.1) is 16.8 Å². The number of benzene rings is 1. The van der Waals surface area contributed by atoms with Crippen LogP contribution in [-0.4, -0.2) is 51.5 Å². The van der Waals surface area contributed by atoms with Crippen LogP contribution in [0.1, 0.15) is 12.8 Å². The van der Waals surface area contributed by atoms with Gasteiger partial charge in [-0.15, -0.1) is 12.4 Å². The maximum atomic E-state index is 13.2. The first-order valence-electron chi connectivity index (χ1n) is 7.59. The molecule has 2 rings (SSSR count). The second-order valence-corrected chi connectivity index (χ2v) is 8.73. The molecule has 2 atom stereocenters. The fourth-order valence-electron chi connectivity index (χ4n) is 2.57. The van der Waals surface area contributed by atoms with E-state index in [4.69, 9.17) is 17.3 Å². The summed E-state index contributed by atoms with van der Waals surface area (Å²) in [5.41, 5.74) is 6.53. The molecule has 1 saturated heterocycles. The van der Waals surface area contributed by atoms with Crippen molar-refractivity contribution in [3.8, 4) is 0 Å². The SMILES string of the molecule is CS(=O)(=O)CCC(N)C(=O)NC1CCN(c2ccc(F)c(Cl)c2)C1.Cl. The monoisotopic (exact) mass is 413 g/mol. The van der Waals surface area contributed by atoms with Crippen molar-refractivity contribution in [3.63, 3.8) is 0 Å². The number of anilines is 1. The van der Waals surface area contributed by atoms with Crippen LogP contribution < -0.4 is 16.0 Å². The highest BCUT2D eigenvalue weighted by Crippen LogP contribution is 2.25. The molecule has 6 nitrogen and oxygen atoms in total. The lowest BCUT2D eigenvalue weighted by molar-refractivity contribution is -0.122.